The van der Waals surface area contributed by atoms with Crippen molar-refractivity contribution < 1.29 is 19.5 Å². The van der Waals surface area contributed by atoms with Crippen LogP contribution in [0, 0.1) is 5.92 Å². The van der Waals surface area contributed by atoms with Gasteiger partial charge in [-0.1, -0.05) is 23.2 Å². The maximum absolute atomic E-state index is 12.0. The van der Waals surface area contributed by atoms with Crippen molar-refractivity contribution in [3.05, 3.63) is 33.8 Å². The van der Waals surface area contributed by atoms with Crippen LogP contribution in [0.2, 0.25) is 10.0 Å². The van der Waals surface area contributed by atoms with Gasteiger partial charge in [0.15, 0.2) is 0 Å². The number of hydrogen-bond acceptors (Lipinski definition) is 3. The second kappa shape index (κ2) is 8.35. The topological polar surface area (TPSA) is 95.5 Å². The molecule has 0 saturated heterocycles. The molecule has 1 saturated carbocycles. The molecule has 2 rings (SSSR count). The van der Waals surface area contributed by atoms with Crippen LogP contribution in [0.1, 0.15) is 36.0 Å². The van der Waals surface area contributed by atoms with Gasteiger partial charge in [-0.3, -0.25) is 14.4 Å². The lowest BCUT2D eigenvalue weighted by molar-refractivity contribution is -0.142. The maximum Gasteiger partial charge on any atom is 0.306 e. The molecule has 3 N–H and O–H groups in total. The van der Waals surface area contributed by atoms with Gasteiger partial charge in [0.25, 0.3) is 5.91 Å². The minimum Gasteiger partial charge on any atom is -0.481 e. The van der Waals surface area contributed by atoms with Crippen molar-refractivity contribution in [3.63, 3.8) is 0 Å². The highest BCUT2D eigenvalue weighted by Gasteiger charge is 2.26. The summed E-state index contributed by atoms with van der Waals surface area (Å²) in [6, 6.07) is 4.42. The smallest absolute Gasteiger partial charge is 0.306 e. The number of nitrogens with one attached hydrogen (secondary N) is 2. The van der Waals surface area contributed by atoms with Gasteiger partial charge >= 0.3 is 5.97 Å². The number of aliphatic carboxylic acids is 1. The SMILES string of the molecule is O=C(CNC(=O)c1ccc(Cl)c(Cl)c1)NC1CCC(C(=O)O)CC1. The summed E-state index contributed by atoms with van der Waals surface area (Å²) >= 11 is 11.6. The van der Waals surface area contributed by atoms with Crippen molar-refractivity contribution in [2.45, 2.75) is 31.7 Å². The molecule has 1 aliphatic carbocycles. The van der Waals surface area contributed by atoms with Gasteiger partial charge in [0.2, 0.25) is 5.91 Å². The van der Waals surface area contributed by atoms with Gasteiger partial charge < -0.3 is 15.7 Å². The number of rotatable bonds is 5. The molecular formula is C16H18Cl2N2O4. The van der Waals surface area contributed by atoms with Crippen molar-refractivity contribution in [1.29, 1.82) is 0 Å². The summed E-state index contributed by atoms with van der Waals surface area (Å²) in [5.74, 6) is -1.83. The molecule has 0 unspecified atom stereocenters. The Hall–Kier alpha value is -1.79. The summed E-state index contributed by atoms with van der Waals surface area (Å²) in [4.78, 5) is 34.7. The number of carboxylic acid groups (broad SMARTS) is 1. The third kappa shape index (κ3) is 5.11. The first-order valence-corrected chi connectivity index (χ1v) is 8.38. The van der Waals surface area contributed by atoms with Gasteiger partial charge in [0.05, 0.1) is 22.5 Å². The second-order valence-corrected chi connectivity index (χ2v) is 6.58. The number of benzene rings is 1. The highest BCUT2D eigenvalue weighted by atomic mass is 35.5. The molecule has 24 heavy (non-hydrogen) atoms. The van der Waals surface area contributed by atoms with Crippen molar-refractivity contribution in [1.82, 2.24) is 10.6 Å². The molecule has 1 aromatic rings. The van der Waals surface area contributed by atoms with E-state index < -0.39 is 11.9 Å². The monoisotopic (exact) mass is 372 g/mol. The molecule has 0 aromatic heterocycles. The second-order valence-electron chi connectivity index (χ2n) is 5.77. The van der Waals surface area contributed by atoms with Crippen LogP contribution >= 0.6 is 23.2 Å². The van der Waals surface area contributed by atoms with E-state index in [-0.39, 0.29) is 29.4 Å². The minimum atomic E-state index is -0.784. The molecule has 0 aliphatic heterocycles. The highest BCUT2D eigenvalue weighted by molar-refractivity contribution is 6.42. The van der Waals surface area contributed by atoms with Crippen LogP contribution in [0.5, 0.6) is 0 Å². The first-order chi connectivity index (χ1) is 11.4. The molecule has 6 nitrogen and oxygen atoms in total. The molecule has 1 aliphatic rings. The Morgan fingerprint density at radius 3 is 2.33 bits per heavy atom. The molecule has 8 heteroatoms. The predicted octanol–water partition coefficient (Wildman–Crippen LogP) is 2.48. The predicted molar refractivity (Wildman–Crippen MR) is 90.3 cm³/mol. The molecule has 1 aromatic carbocycles. The number of carbonyl (C=O) groups excluding carboxylic acids is 2. The Labute approximate surface area is 149 Å². The summed E-state index contributed by atoms with van der Waals surface area (Å²) in [6.07, 6.45) is 2.36. The van der Waals surface area contributed by atoms with Gasteiger partial charge in [-0.05, 0) is 43.9 Å². The first kappa shape index (κ1) is 18.5. The van der Waals surface area contributed by atoms with Gasteiger partial charge in [-0.2, -0.15) is 0 Å². The molecule has 1 fully saturated rings. The highest BCUT2D eigenvalue weighted by Crippen LogP contribution is 2.24. The Balaban J connectivity index is 1.76. The van der Waals surface area contributed by atoms with Crippen molar-refractivity contribution in [2.24, 2.45) is 5.92 Å². The van der Waals surface area contributed by atoms with Crippen LogP contribution in [0.25, 0.3) is 0 Å². The van der Waals surface area contributed by atoms with E-state index in [1.54, 1.807) is 0 Å². The molecule has 0 heterocycles. The Bertz CT molecular complexity index is 643. The van der Waals surface area contributed by atoms with Gasteiger partial charge in [0.1, 0.15) is 0 Å². The maximum atomic E-state index is 12.0. The van der Waals surface area contributed by atoms with E-state index in [4.69, 9.17) is 28.3 Å². The quantitative estimate of drug-likeness (QED) is 0.739. The lowest BCUT2D eigenvalue weighted by Gasteiger charge is -2.26. The average Bonchev–Trinajstić information content (AvgIpc) is 2.55. The van der Waals surface area contributed by atoms with Gasteiger partial charge in [-0.15, -0.1) is 0 Å². The standard InChI is InChI=1S/C16H18Cl2N2O4/c17-12-6-3-10(7-13(12)18)15(22)19-8-14(21)20-11-4-1-9(2-5-11)16(23)24/h3,6-7,9,11H,1-2,4-5,8H2,(H,19,22)(H,20,21)(H,23,24). The number of carboxylic acids is 1. The van der Waals surface area contributed by atoms with E-state index in [1.807, 2.05) is 0 Å². The van der Waals surface area contributed by atoms with Crippen LogP contribution < -0.4 is 10.6 Å². The van der Waals surface area contributed by atoms with Crippen LogP contribution in [0.15, 0.2) is 18.2 Å². The molecular weight excluding hydrogens is 355 g/mol. The fourth-order valence-electron chi connectivity index (χ4n) is 2.66. The van der Waals surface area contributed by atoms with Crippen LogP contribution in [-0.2, 0) is 9.59 Å². The number of hydrogen-bond donors (Lipinski definition) is 3. The number of amides is 2. The fraction of sp³-hybridized carbons (Fsp3) is 0.438. The normalized spacial score (nSPS) is 20.2. The molecule has 0 radical (unpaired) electrons. The van der Waals surface area contributed by atoms with Crippen molar-refractivity contribution >= 4 is 41.0 Å². The summed E-state index contributed by atoms with van der Waals surface area (Å²) in [7, 11) is 0. The first-order valence-electron chi connectivity index (χ1n) is 7.62. The third-order valence-corrected chi connectivity index (χ3v) is 4.77. The van der Waals surface area contributed by atoms with E-state index >= 15 is 0 Å². The summed E-state index contributed by atoms with van der Waals surface area (Å²) in [5.41, 5.74) is 0.319. The Kier molecular flexibility index (Phi) is 6.45. The number of carbonyl (C=O) groups is 3. The lowest BCUT2D eigenvalue weighted by Crippen LogP contribution is -2.43. The average molecular weight is 373 g/mol. The summed E-state index contributed by atoms with van der Waals surface area (Å²) < 4.78 is 0. The Morgan fingerprint density at radius 1 is 1.08 bits per heavy atom. The largest absolute Gasteiger partial charge is 0.481 e. The molecule has 130 valence electrons. The van der Waals surface area contributed by atoms with Crippen LogP contribution in [0.4, 0.5) is 0 Å². The van der Waals surface area contributed by atoms with Crippen LogP contribution in [0.3, 0.4) is 0 Å². The van der Waals surface area contributed by atoms with Crippen molar-refractivity contribution in [3.8, 4) is 0 Å². The molecule has 0 bridgehead atoms. The van der Waals surface area contributed by atoms with Gasteiger partial charge in [0, 0.05) is 11.6 Å². The zero-order valence-corrected chi connectivity index (χ0v) is 14.4. The van der Waals surface area contributed by atoms with Crippen molar-refractivity contribution in [2.75, 3.05) is 6.54 Å². The third-order valence-electron chi connectivity index (χ3n) is 4.03. The molecule has 0 atom stereocenters. The zero-order chi connectivity index (χ0) is 17.7. The zero-order valence-electron chi connectivity index (χ0n) is 12.9. The summed E-state index contributed by atoms with van der Waals surface area (Å²) in [5, 5.41) is 14.9. The summed E-state index contributed by atoms with van der Waals surface area (Å²) in [6.45, 7) is -0.155. The van der Waals surface area contributed by atoms with E-state index in [2.05, 4.69) is 10.6 Å². The molecule has 0 spiro atoms. The van der Waals surface area contributed by atoms with E-state index in [0.717, 1.165) is 0 Å². The van der Waals surface area contributed by atoms with E-state index in [0.29, 0.717) is 36.3 Å². The van der Waals surface area contributed by atoms with E-state index in [1.165, 1.54) is 18.2 Å². The Morgan fingerprint density at radius 2 is 1.75 bits per heavy atom. The van der Waals surface area contributed by atoms with E-state index in [9.17, 15) is 14.4 Å². The minimum absolute atomic E-state index is 0.0463. The van der Waals surface area contributed by atoms with Crippen LogP contribution in [-0.4, -0.2) is 35.5 Å². The fourth-order valence-corrected chi connectivity index (χ4v) is 2.96. The molecule has 2 amide bonds. The van der Waals surface area contributed by atoms with Gasteiger partial charge in [-0.25, -0.2) is 0 Å². The lowest BCUT2D eigenvalue weighted by atomic mass is 9.86. The number of halogens is 2.